The molecule has 6 heteroatoms. The van der Waals surface area contributed by atoms with Crippen LogP contribution in [0, 0.1) is 0 Å². The van der Waals surface area contributed by atoms with E-state index in [0.717, 1.165) is 19.3 Å². The molecule has 6 nitrogen and oxygen atoms in total. The minimum Gasteiger partial charge on any atom is -0.424 e. The molecule has 1 aromatic heterocycles. The molecule has 1 atom stereocenters. The van der Waals surface area contributed by atoms with E-state index in [9.17, 15) is 0 Å². The largest absolute Gasteiger partial charge is 0.424 e. The third-order valence-corrected chi connectivity index (χ3v) is 10.8. The molecule has 0 saturated carbocycles. The summed E-state index contributed by atoms with van der Waals surface area (Å²) in [7, 11) is 0. The molecule has 0 bridgehead atoms. The van der Waals surface area contributed by atoms with Gasteiger partial charge in [-0.1, -0.05) is 157 Å². The summed E-state index contributed by atoms with van der Waals surface area (Å²) in [5.74, 6) is 3.37. The van der Waals surface area contributed by atoms with Crippen molar-refractivity contribution in [3.05, 3.63) is 196 Å². The zero-order chi connectivity index (χ0) is 41.1. The molecule has 0 saturated heterocycles. The van der Waals surface area contributed by atoms with Crippen LogP contribution in [0.25, 0.3) is 0 Å². The van der Waals surface area contributed by atoms with Crippen LogP contribution in [0.2, 0.25) is 0 Å². The lowest BCUT2D eigenvalue weighted by atomic mass is 9.94. The normalized spacial score (nSPS) is 11.8. The molecule has 0 spiro atoms. The summed E-state index contributed by atoms with van der Waals surface area (Å²) in [5, 5.41) is 0. The summed E-state index contributed by atoms with van der Waals surface area (Å²) in [6.07, 6.45) is 4.87. The summed E-state index contributed by atoms with van der Waals surface area (Å²) in [6, 6.07) is 50.8. The van der Waals surface area contributed by atoms with Gasteiger partial charge in [0.1, 0.15) is 17.2 Å². The Morgan fingerprint density at radius 2 is 0.610 bits per heavy atom. The summed E-state index contributed by atoms with van der Waals surface area (Å²) >= 11 is 0. The Hall–Kier alpha value is -6.27. The smallest absolute Gasteiger partial charge is 0.331 e. The molecular formula is C53H55N3O3. The summed E-state index contributed by atoms with van der Waals surface area (Å²) in [4.78, 5) is 13.6. The minimum atomic E-state index is 0.0665. The first kappa shape index (κ1) is 40.9. The fourth-order valence-electron chi connectivity index (χ4n) is 7.11. The van der Waals surface area contributed by atoms with Crippen LogP contribution in [0.4, 0.5) is 0 Å². The van der Waals surface area contributed by atoms with Gasteiger partial charge in [0.15, 0.2) is 0 Å². The lowest BCUT2D eigenvalue weighted by Gasteiger charge is -2.12. The molecule has 6 aromatic carbocycles. The van der Waals surface area contributed by atoms with Gasteiger partial charge in [-0.05, 0) is 130 Å². The van der Waals surface area contributed by atoms with Crippen LogP contribution in [0.3, 0.4) is 0 Å². The predicted molar refractivity (Wildman–Crippen MR) is 239 cm³/mol. The third kappa shape index (κ3) is 11.7. The van der Waals surface area contributed by atoms with E-state index in [1.54, 1.807) is 0 Å². The molecule has 59 heavy (non-hydrogen) atoms. The van der Waals surface area contributed by atoms with E-state index in [1.807, 2.05) is 36.4 Å². The maximum atomic E-state index is 6.20. The number of hydrogen-bond acceptors (Lipinski definition) is 6. The first-order valence-corrected chi connectivity index (χ1v) is 21.0. The van der Waals surface area contributed by atoms with E-state index < -0.39 is 0 Å². The monoisotopic (exact) mass is 781 g/mol. The van der Waals surface area contributed by atoms with Crippen molar-refractivity contribution in [2.24, 2.45) is 0 Å². The van der Waals surface area contributed by atoms with Crippen molar-refractivity contribution in [2.75, 3.05) is 0 Å². The van der Waals surface area contributed by atoms with Crippen molar-refractivity contribution in [3.8, 4) is 35.3 Å². The minimum absolute atomic E-state index is 0.0665. The predicted octanol–water partition coefficient (Wildman–Crippen LogP) is 14.2. The molecular weight excluding hydrogens is 727 g/mol. The Morgan fingerprint density at radius 1 is 0.356 bits per heavy atom. The van der Waals surface area contributed by atoms with E-state index >= 15 is 0 Å². The lowest BCUT2D eigenvalue weighted by molar-refractivity contribution is 0.362. The van der Waals surface area contributed by atoms with E-state index in [1.165, 1.54) is 62.9 Å². The van der Waals surface area contributed by atoms with Gasteiger partial charge >= 0.3 is 18.0 Å². The van der Waals surface area contributed by atoms with Gasteiger partial charge in [0.25, 0.3) is 0 Å². The highest BCUT2D eigenvalue weighted by Crippen LogP contribution is 2.29. The number of hydrogen-bond donors (Lipinski definition) is 0. The van der Waals surface area contributed by atoms with E-state index in [0.29, 0.717) is 35.0 Å². The quantitative estimate of drug-likeness (QED) is 0.0917. The average molecular weight is 782 g/mol. The molecule has 0 amide bonds. The van der Waals surface area contributed by atoms with Gasteiger partial charge in [-0.2, -0.15) is 0 Å². The average Bonchev–Trinajstić information content (AvgIpc) is 3.24. The van der Waals surface area contributed by atoms with Crippen molar-refractivity contribution < 1.29 is 14.2 Å². The molecule has 7 rings (SSSR count). The molecule has 300 valence electrons. The number of nitrogens with zero attached hydrogens (tertiary/aromatic N) is 3. The number of rotatable bonds is 17. The zero-order valence-electron chi connectivity index (χ0n) is 35.2. The van der Waals surface area contributed by atoms with Crippen LogP contribution in [0.5, 0.6) is 35.3 Å². The molecule has 0 aliphatic heterocycles. The van der Waals surface area contributed by atoms with Crippen molar-refractivity contribution >= 4 is 0 Å². The van der Waals surface area contributed by atoms with Crippen LogP contribution in [0.1, 0.15) is 122 Å². The van der Waals surface area contributed by atoms with Gasteiger partial charge in [-0.3, -0.25) is 0 Å². The SMILES string of the molecule is CCCC(C)c1ccc(Cc2ccc(Oc3nc(Oc4ccc(Cc5ccc(C(C)C)cc5)cc4)nc(Oc4ccc(Cc5ccc(C(C)C)cc5)cc4)n3)cc2)cc1. The maximum absolute atomic E-state index is 6.20. The second-order valence-electron chi connectivity index (χ2n) is 16.2. The van der Waals surface area contributed by atoms with Crippen molar-refractivity contribution in [3.63, 3.8) is 0 Å². The van der Waals surface area contributed by atoms with Gasteiger partial charge in [0.05, 0.1) is 0 Å². The Morgan fingerprint density at radius 3 is 0.864 bits per heavy atom. The Bertz CT molecular complexity index is 2250. The Kier molecular flexibility index (Phi) is 13.5. The Labute approximate surface area is 350 Å². The van der Waals surface area contributed by atoms with E-state index in [4.69, 9.17) is 14.2 Å². The zero-order valence-corrected chi connectivity index (χ0v) is 35.2. The van der Waals surface area contributed by atoms with Crippen molar-refractivity contribution in [1.82, 2.24) is 15.0 Å². The molecule has 0 aliphatic carbocycles. The van der Waals surface area contributed by atoms with Crippen molar-refractivity contribution in [1.29, 1.82) is 0 Å². The lowest BCUT2D eigenvalue weighted by Crippen LogP contribution is -2.01. The topological polar surface area (TPSA) is 66.4 Å². The fourth-order valence-corrected chi connectivity index (χ4v) is 7.11. The van der Waals surface area contributed by atoms with E-state index in [-0.39, 0.29) is 18.0 Å². The molecule has 7 aromatic rings. The molecule has 1 heterocycles. The Balaban J connectivity index is 1.06. The van der Waals surface area contributed by atoms with Crippen LogP contribution < -0.4 is 14.2 Å². The maximum Gasteiger partial charge on any atom is 0.331 e. The third-order valence-electron chi connectivity index (χ3n) is 10.8. The van der Waals surface area contributed by atoms with Gasteiger partial charge in [0.2, 0.25) is 0 Å². The van der Waals surface area contributed by atoms with Crippen LogP contribution in [0.15, 0.2) is 146 Å². The number of aromatic nitrogens is 3. The molecule has 0 N–H and O–H groups in total. The van der Waals surface area contributed by atoms with Crippen LogP contribution in [-0.2, 0) is 19.3 Å². The van der Waals surface area contributed by atoms with Gasteiger partial charge in [-0.15, -0.1) is 15.0 Å². The van der Waals surface area contributed by atoms with Crippen molar-refractivity contribution in [2.45, 2.75) is 91.4 Å². The molecule has 0 radical (unpaired) electrons. The second kappa shape index (κ2) is 19.5. The summed E-state index contributed by atoms with van der Waals surface area (Å²) in [5.41, 5.74) is 11.4. The summed E-state index contributed by atoms with van der Waals surface area (Å²) in [6.45, 7) is 13.4. The number of benzene rings is 6. The van der Waals surface area contributed by atoms with Crippen LogP contribution in [-0.4, -0.2) is 15.0 Å². The second-order valence-corrected chi connectivity index (χ2v) is 16.2. The molecule has 0 fully saturated rings. The van der Waals surface area contributed by atoms with Gasteiger partial charge < -0.3 is 14.2 Å². The fraction of sp³-hybridized carbons (Fsp3) is 0.264. The highest BCUT2D eigenvalue weighted by Gasteiger charge is 2.14. The van der Waals surface area contributed by atoms with Gasteiger partial charge in [0, 0.05) is 0 Å². The highest BCUT2D eigenvalue weighted by atomic mass is 16.5. The molecule has 0 aliphatic rings. The molecule has 1 unspecified atom stereocenters. The van der Waals surface area contributed by atoms with Crippen LogP contribution >= 0.6 is 0 Å². The van der Waals surface area contributed by atoms with E-state index in [2.05, 4.69) is 166 Å². The first-order valence-electron chi connectivity index (χ1n) is 21.0. The standard InChI is InChI=1S/C53H55N3O3/c1-7-8-38(6)47-25-13-41(14-26-47)35-44-19-31-50(32-20-44)59-53-55-51(57-48-27-15-42(16-28-48)33-39-9-21-45(22-10-39)36(2)3)54-52(56-53)58-49-29-17-43(18-30-49)34-40-11-23-46(24-12-40)37(4)5/h9-32,36-38H,7-8,33-35H2,1-6H3. The highest BCUT2D eigenvalue weighted by molar-refractivity contribution is 5.38. The number of ether oxygens (including phenoxy) is 3. The first-order chi connectivity index (χ1) is 28.6. The van der Waals surface area contributed by atoms with Gasteiger partial charge in [-0.25, -0.2) is 0 Å². The summed E-state index contributed by atoms with van der Waals surface area (Å²) < 4.78 is 18.6.